The summed E-state index contributed by atoms with van der Waals surface area (Å²) in [6.45, 7) is 0.944. The highest BCUT2D eigenvalue weighted by Crippen LogP contribution is 2.25. The van der Waals surface area contributed by atoms with E-state index in [0.717, 1.165) is 24.0 Å². The Balaban J connectivity index is 1.66. The first-order chi connectivity index (χ1) is 13.9. The Morgan fingerprint density at radius 3 is 2.38 bits per heavy atom. The first-order valence-electron chi connectivity index (χ1n) is 9.60. The van der Waals surface area contributed by atoms with Gasteiger partial charge in [-0.3, -0.25) is 9.59 Å². The first-order valence-corrected chi connectivity index (χ1v) is 11.1. The molecule has 1 aliphatic rings. The van der Waals surface area contributed by atoms with Crippen LogP contribution in [0.4, 0.5) is 0 Å². The smallest absolute Gasteiger partial charge is 0.247 e. The zero-order valence-corrected chi connectivity index (χ0v) is 16.9. The van der Waals surface area contributed by atoms with Crippen LogP contribution >= 0.6 is 0 Å². The van der Waals surface area contributed by atoms with Crippen molar-refractivity contribution in [2.75, 3.05) is 13.1 Å². The Hall–Kier alpha value is -2.71. The highest BCUT2D eigenvalue weighted by atomic mass is 32.2. The molecule has 0 bridgehead atoms. The predicted molar refractivity (Wildman–Crippen MR) is 109 cm³/mol. The lowest BCUT2D eigenvalue weighted by molar-refractivity contribution is -0.142. The molecule has 0 saturated carbocycles. The third kappa shape index (κ3) is 5.42. The van der Waals surface area contributed by atoms with Crippen LogP contribution in [0.5, 0.6) is 0 Å². The molecule has 3 rings (SSSR count). The van der Waals surface area contributed by atoms with Crippen molar-refractivity contribution in [3.8, 4) is 0 Å². The third-order valence-corrected chi connectivity index (χ3v) is 5.93. The van der Waals surface area contributed by atoms with Crippen LogP contribution in [0.25, 0.3) is 0 Å². The Labute approximate surface area is 171 Å². The predicted octanol–water partition coefficient (Wildman–Crippen LogP) is 1.75. The van der Waals surface area contributed by atoms with Gasteiger partial charge in [-0.2, -0.15) is 0 Å². The van der Waals surface area contributed by atoms with Crippen molar-refractivity contribution >= 4 is 21.8 Å². The summed E-state index contributed by atoms with van der Waals surface area (Å²) in [6, 6.07) is 14.9. The molecule has 2 amide bonds. The summed E-state index contributed by atoms with van der Waals surface area (Å²) < 4.78 is 22.6. The van der Waals surface area contributed by atoms with Crippen molar-refractivity contribution in [3.05, 3.63) is 65.7 Å². The molecular weight excluding hydrogens is 390 g/mol. The Bertz CT molecular complexity index is 959. The second kappa shape index (κ2) is 9.19. The van der Waals surface area contributed by atoms with Crippen LogP contribution in [0.3, 0.4) is 0 Å². The number of sulfonamides is 1. The molecule has 154 valence electrons. The van der Waals surface area contributed by atoms with E-state index >= 15 is 0 Å². The van der Waals surface area contributed by atoms with E-state index in [1.54, 1.807) is 17.0 Å². The molecule has 1 aliphatic heterocycles. The van der Waals surface area contributed by atoms with Gasteiger partial charge in [0.25, 0.3) is 0 Å². The number of nitrogens with one attached hydrogen (secondary N) is 1. The molecule has 1 atom stereocenters. The largest absolute Gasteiger partial charge is 0.354 e. The second-order valence-corrected chi connectivity index (χ2v) is 8.65. The number of nitrogens with two attached hydrogens (primary N) is 1. The number of carbonyl (C=O) groups is 2. The van der Waals surface area contributed by atoms with Crippen molar-refractivity contribution in [2.45, 2.75) is 36.6 Å². The Morgan fingerprint density at radius 2 is 1.76 bits per heavy atom. The van der Waals surface area contributed by atoms with Crippen LogP contribution in [0.1, 0.15) is 36.4 Å². The van der Waals surface area contributed by atoms with Crippen molar-refractivity contribution in [3.63, 3.8) is 0 Å². The minimum Gasteiger partial charge on any atom is -0.354 e. The molecule has 2 aromatic rings. The van der Waals surface area contributed by atoms with Crippen molar-refractivity contribution < 1.29 is 18.0 Å². The molecular formula is C21H25N3O4S. The number of nitrogens with zero attached hydrogens (tertiary/aromatic N) is 1. The molecule has 7 nitrogen and oxygen atoms in total. The van der Waals surface area contributed by atoms with E-state index in [4.69, 9.17) is 5.14 Å². The fourth-order valence-electron chi connectivity index (χ4n) is 3.48. The van der Waals surface area contributed by atoms with Crippen molar-refractivity contribution in [1.82, 2.24) is 10.2 Å². The van der Waals surface area contributed by atoms with Crippen molar-refractivity contribution in [2.24, 2.45) is 5.14 Å². The zero-order valence-electron chi connectivity index (χ0n) is 16.1. The number of hydrogen-bond acceptors (Lipinski definition) is 4. The summed E-state index contributed by atoms with van der Waals surface area (Å²) in [7, 11) is -3.72. The molecule has 0 aromatic heterocycles. The van der Waals surface area contributed by atoms with Crippen LogP contribution < -0.4 is 10.5 Å². The van der Waals surface area contributed by atoms with Gasteiger partial charge in [0.05, 0.1) is 4.90 Å². The molecule has 1 unspecified atom stereocenters. The van der Waals surface area contributed by atoms with Crippen LogP contribution in [0, 0.1) is 0 Å². The lowest BCUT2D eigenvalue weighted by Crippen LogP contribution is -2.46. The van der Waals surface area contributed by atoms with E-state index < -0.39 is 16.1 Å². The number of piperidine rings is 1. The van der Waals surface area contributed by atoms with Gasteiger partial charge < -0.3 is 10.2 Å². The number of rotatable bonds is 7. The van der Waals surface area contributed by atoms with Gasteiger partial charge in [0, 0.05) is 19.5 Å². The van der Waals surface area contributed by atoms with E-state index in [9.17, 15) is 18.0 Å². The summed E-state index contributed by atoms with van der Waals surface area (Å²) in [5.41, 5.74) is 1.67. The molecule has 2 aromatic carbocycles. The summed E-state index contributed by atoms with van der Waals surface area (Å²) >= 11 is 0. The number of benzene rings is 2. The monoisotopic (exact) mass is 415 g/mol. The minimum absolute atomic E-state index is 0.00108. The molecule has 0 aliphatic carbocycles. The average molecular weight is 416 g/mol. The van der Waals surface area contributed by atoms with Crippen molar-refractivity contribution in [1.29, 1.82) is 0 Å². The molecule has 1 fully saturated rings. The first kappa shape index (κ1) is 21.0. The highest BCUT2D eigenvalue weighted by molar-refractivity contribution is 7.89. The minimum atomic E-state index is -3.72. The van der Waals surface area contributed by atoms with Gasteiger partial charge in [0.15, 0.2) is 0 Å². The van der Waals surface area contributed by atoms with Crippen LogP contribution in [-0.2, 0) is 26.0 Å². The third-order valence-electron chi connectivity index (χ3n) is 5.00. The van der Waals surface area contributed by atoms with Gasteiger partial charge in [-0.1, -0.05) is 42.5 Å². The lowest BCUT2D eigenvalue weighted by atomic mass is 10.0. The quantitative estimate of drug-likeness (QED) is 0.718. The molecule has 3 N–H and O–H groups in total. The van der Waals surface area contributed by atoms with E-state index in [1.165, 1.54) is 12.1 Å². The van der Waals surface area contributed by atoms with E-state index in [-0.39, 0.29) is 16.7 Å². The number of carbonyl (C=O) groups excluding carboxylic acids is 2. The second-order valence-electron chi connectivity index (χ2n) is 7.09. The molecule has 0 spiro atoms. The normalized spacial score (nSPS) is 15.8. The molecule has 1 saturated heterocycles. The molecule has 1 heterocycles. The topological polar surface area (TPSA) is 110 Å². The van der Waals surface area contributed by atoms with Gasteiger partial charge in [-0.25, -0.2) is 13.6 Å². The summed E-state index contributed by atoms with van der Waals surface area (Å²) in [5, 5.41) is 8.02. The van der Waals surface area contributed by atoms with Gasteiger partial charge >= 0.3 is 0 Å². The standard InChI is InChI=1S/C21H25N3O4S/c22-29(27,28)18-11-9-16(10-12-18)13-14-23-21(26)20(17-6-2-1-3-7-17)24-15-5-4-8-19(24)25/h1-3,6-7,9-12,20H,4-5,8,13-15H2,(H,23,26)(H2,22,27,28). The maximum absolute atomic E-state index is 13.0. The van der Waals surface area contributed by atoms with Gasteiger partial charge in [-0.15, -0.1) is 0 Å². The van der Waals surface area contributed by atoms with E-state index in [2.05, 4.69) is 5.32 Å². The number of likely N-dealkylation sites (tertiary alicyclic amines) is 1. The summed E-state index contributed by atoms with van der Waals surface area (Å²) in [5.74, 6) is -0.216. The number of amides is 2. The van der Waals surface area contributed by atoms with Crippen LogP contribution in [0.2, 0.25) is 0 Å². The van der Waals surface area contributed by atoms with Crippen LogP contribution in [0.15, 0.2) is 59.5 Å². The molecule has 29 heavy (non-hydrogen) atoms. The van der Waals surface area contributed by atoms with E-state index in [1.807, 2.05) is 30.3 Å². The Morgan fingerprint density at radius 1 is 1.07 bits per heavy atom. The van der Waals surface area contributed by atoms with Gasteiger partial charge in [-0.05, 0) is 42.5 Å². The summed E-state index contributed by atoms with van der Waals surface area (Å²) in [6.07, 6.45) is 2.74. The maximum atomic E-state index is 13.0. The summed E-state index contributed by atoms with van der Waals surface area (Å²) in [4.78, 5) is 27.1. The van der Waals surface area contributed by atoms with Gasteiger partial charge in [0.1, 0.15) is 6.04 Å². The number of primary sulfonamides is 1. The zero-order chi connectivity index (χ0) is 20.9. The molecule has 8 heteroatoms. The average Bonchev–Trinajstić information content (AvgIpc) is 2.70. The van der Waals surface area contributed by atoms with Crippen LogP contribution in [-0.4, -0.2) is 38.2 Å². The number of hydrogen-bond donors (Lipinski definition) is 2. The highest BCUT2D eigenvalue weighted by Gasteiger charge is 2.32. The Kier molecular flexibility index (Phi) is 6.66. The fraction of sp³-hybridized carbons (Fsp3) is 0.333. The SMILES string of the molecule is NS(=O)(=O)c1ccc(CCNC(=O)C(c2ccccc2)N2CCCCC2=O)cc1. The lowest BCUT2D eigenvalue weighted by Gasteiger charge is -2.34. The maximum Gasteiger partial charge on any atom is 0.247 e. The van der Waals surface area contributed by atoms with E-state index in [0.29, 0.717) is 25.9 Å². The molecule has 0 radical (unpaired) electrons. The van der Waals surface area contributed by atoms with Gasteiger partial charge in [0.2, 0.25) is 21.8 Å². The fourth-order valence-corrected chi connectivity index (χ4v) is 4.00.